The van der Waals surface area contributed by atoms with E-state index in [2.05, 4.69) is 57.0 Å². The highest BCUT2D eigenvalue weighted by atomic mass is 32.2. The first-order valence-corrected chi connectivity index (χ1v) is 8.86. The van der Waals surface area contributed by atoms with Crippen molar-refractivity contribution in [2.75, 3.05) is 17.7 Å². The lowest BCUT2D eigenvalue weighted by Gasteiger charge is -2.40. The third-order valence-corrected chi connectivity index (χ3v) is 5.59. The maximum Gasteiger partial charge on any atom is 0.103 e. The molecule has 0 atom stereocenters. The molecule has 0 radical (unpaired) electrons. The van der Waals surface area contributed by atoms with Crippen LogP contribution in [0.3, 0.4) is 0 Å². The minimum absolute atomic E-state index is 0.481. The number of rotatable bonds is 4. The van der Waals surface area contributed by atoms with Crippen molar-refractivity contribution in [3.63, 3.8) is 0 Å². The topological polar surface area (TPSA) is 27.0 Å². The van der Waals surface area contributed by atoms with Crippen molar-refractivity contribution in [2.24, 2.45) is 5.41 Å². The van der Waals surface area contributed by atoms with E-state index in [0.717, 1.165) is 21.9 Å². The van der Waals surface area contributed by atoms with E-state index in [-0.39, 0.29) is 0 Å². The minimum Gasteiger partial charge on any atom is -0.371 e. The first-order chi connectivity index (χ1) is 9.98. The molecule has 0 saturated heterocycles. The summed E-state index contributed by atoms with van der Waals surface area (Å²) in [5.74, 6) is 0.999. The first kappa shape index (κ1) is 16.2. The molecular formula is C18H26N2S. The van der Waals surface area contributed by atoms with E-state index >= 15 is 0 Å². The second-order valence-electron chi connectivity index (χ2n) is 6.70. The highest BCUT2D eigenvalue weighted by Gasteiger charge is 2.29. The van der Waals surface area contributed by atoms with Crippen molar-refractivity contribution < 1.29 is 0 Å². The fraction of sp³-hybridized carbons (Fsp3) is 0.611. The molecule has 1 saturated carbocycles. The maximum absolute atomic E-state index is 9.57. The molecule has 1 aliphatic carbocycles. The van der Waals surface area contributed by atoms with E-state index in [1.54, 1.807) is 11.8 Å². The summed E-state index contributed by atoms with van der Waals surface area (Å²) in [4.78, 5) is 3.45. The molecule has 0 unspecified atom stereocenters. The standard InChI is InChI=1S/C18H26N2S/c1-5-21-17-8-6-7-16(15(17)13-19)20(4)14-9-11-18(2,3)12-10-14/h6-8,14H,5,9-12H2,1-4H3. The van der Waals surface area contributed by atoms with E-state index in [9.17, 15) is 5.26 Å². The lowest BCUT2D eigenvalue weighted by molar-refractivity contribution is 0.222. The third kappa shape index (κ3) is 3.74. The number of benzene rings is 1. The zero-order chi connectivity index (χ0) is 15.5. The van der Waals surface area contributed by atoms with Gasteiger partial charge in [0.05, 0.1) is 11.3 Å². The fourth-order valence-corrected chi connectivity index (χ4v) is 3.95. The molecule has 0 bridgehead atoms. The third-order valence-electron chi connectivity index (χ3n) is 4.65. The molecule has 1 aromatic rings. The van der Waals surface area contributed by atoms with Crippen LogP contribution in [0.4, 0.5) is 5.69 Å². The van der Waals surface area contributed by atoms with Gasteiger partial charge in [0.1, 0.15) is 6.07 Å². The molecule has 1 aliphatic rings. The zero-order valence-corrected chi connectivity index (χ0v) is 14.5. The zero-order valence-electron chi connectivity index (χ0n) is 13.6. The van der Waals surface area contributed by atoms with E-state index in [4.69, 9.17) is 0 Å². The van der Waals surface area contributed by atoms with Crippen LogP contribution in [0.5, 0.6) is 0 Å². The molecule has 0 aromatic heterocycles. The van der Waals surface area contributed by atoms with Crippen LogP contribution in [0.15, 0.2) is 23.1 Å². The molecule has 1 fully saturated rings. The van der Waals surface area contributed by atoms with Crippen LogP contribution >= 0.6 is 11.8 Å². The van der Waals surface area contributed by atoms with Crippen LogP contribution in [0.25, 0.3) is 0 Å². The van der Waals surface area contributed by atoms with Crippen molar-refractivity contribution >= 4 is 17.4 Å². The predicted octanol–water partition coefficient (Wildman–Crippen LogP) is 5.08. The molecule has 21 heavy (non-hydrogen) atoms. The Morgan fingerprint density at radius 2 is 2.00 bits per heavy atom. The summed E-state index contributed by atoms with van der Waals surface area (Å²) in [6, 6.07) is 9.22. The second kappa shape index (κ2) is 6.75. The molecule has 0 N–H and O–H groups in total. The summed E-state index contributed by atoms with van der Waals surface area (Å²) in [7, 11) is 2.15. The molecule has 2 rings (SSSR count). The van der Waals surface area contributed by atoms with Crippen molar-refractivity contribution in [3.8, 4) is 6.07 Å². The lowest BCUT2D eigenvalue weighted by atomic mass is 9.75. The van der Waals surface area contributed by atoms with E-state index in [1.165, 1.54) is 25.7 Å². The Kier molecular flexibility index (Phi) is 5.22. The van der Waals surface area contributed by atoms with Gasteiger partial charge in [-0.3, -0.25) is 0 Å². The van der Waals surface area contributed by atoms with Crippen LogP contribution in [0, 0.1) is 16.7 Å². The van der Waals surface area contributed by atoms with Crippen LogP contribution in [0.2, 0.25) is 0 Å². The number of thioether (sulfide) groups is 1. The van der Waals surface area contributed by atoms with E-state index in [1.807, 2.05) is 0 Å². The molecule has 0 spiro atoms. The number of anilines is 1. The monoisotopic (exact) mass is 302 g/mol. The molecular weight excluding hydrogens is 276 g/mol. The van der Waals surface area contributed by atoms with Crippen molar-refractivity contribution in [3.05, 3.63) is 23.8 Å². The summed E-state index contributed by atoms with van der Waals surface area (Å²) in [5.41, 5.74) is 2.42. The van der Waals surface area contributed by atoms with Crippen LogP contribution < -0.4 is 4.90 Å². The Morgan fingerprint density at radius 1 is 1.33 bits per heavy atom. The number of hydrogen-bond donors (Lipinski definition) is 0. The average Bonchev–Trinajstić information content (AvgIpc) is 2.46. The van der Waals surface area contributed by atoms with Crippen molar-refractivity contribution in [1.29, 1.82) is 5.26 Å². The largest absolute Gasteiger partial charge is 0.371 e. The molecule has 1 aromatic carbocycles. The smallest absolute Gasteiger partial charge is 0.103 e. The summed E-state index contributed by atoms with van der Waals surface area (Å²) in [6.45, 7) is 6.86. The normalized spacial score (nSPS) is 18.2. The van der Waals surface area contributed by atoms with Crippen LogP contribution in [-0.2, 0) is 0 Å². The van der Waals surface area contributed by atoms with Crippen LogP contribution in [0.1, 0.15) is 52.0 Å². The van der Waals surface area contributed by atoms with Gasteiger partial charge in [0.15, 0.2) is 0 Å². The Labute approximate surface area is 133 Å². The molecule has 3 heteroatoms. The van der Waals surface area contributed by atoms with Gasteiger partial charge < -0.3 is 4.90 Å². The molecule has 114 valence electrons. The SMILES string of the molecule is CCSc1cccc(N(C)C2CCC(C)(C)CC2)c1C#N. The van der Waals surface area contributed by atoms with Gasteiger partial charge in [-0.15, -0.1) is 11.8 Å². The van der Waals surface area contributed by atoms with Crippen LogP contribution in [-0.4, -0.2) is 18.8 Å². The minimum atomic E-state index is 0.481. The molecule has 0 aliphatic heterocycles. The van der Waals surface area contributed by atoms with Gasteiger partial charge in [0.2, 0.25) is 0 Å². The fourth-order valence-electron chi connectivity index (χ4n) is 3.17. The van der Waals surface area contributed by atoms with Crippen molar-refractivity contribution in [1.82, 2.24) is 0 Å². The number of hydrogen-bond acceptors (Lipinski definition) is 3. The highest BCUT2D eigenvalue weighted by Crippen LogP contribution is 2.39. The average molecular weight is 302 g/mol. The second-order valence-corrected chi connectivity index (χ2v) is 8.01. The summed E-state index contributed by atoms with van der Waals surface area (Å²) in [6.07, 6.45) is 4.99. The van der Waals surface area contributed by atoms with Gasteiger partial charge in [-0.05, 0) is 49.0 Å². The molecule has 0 amide bonds. The van der Waals surface area contributed by atoms with Crippen molar-refractivity contribution in [2.45, 2.75) is 57.4 Å². The van der Waals surface area contributed by atoms with Gasteiger partial charge in [0, 0.05) is 18.0 Å². The highest BCUT2D eigenvalue weighted by molar-refractivity contribution is 7.99. The summed E-state index contributed by atoms with van der Waals surface area (Å²) in [5, 5.41) is 9.57. The van der Waals surface area contributed by atoms with E-state index < -0.39 is 0 Å². The van der Waals surface area contributed by atoms with Gasteiger partial charge in [-0.2, -0.15) is 5.26 Å². The number of nitriles is 1. The molecule has 2 nitrogen and oxygen atoms in total. The van der Waals surface area contributed by atoms with Gasteiger partial charge in [-0.25, -0.2) is 0 Å². The van der Waals surface area contributed by atoms with Gasteiger partial charge in [0.25, 0.3) is 0 Å². The summed E-state index contributed by atoms with van der Waals surface area (Å²) >= 11 is 1.76. The summed E-state index contributed by atoms with van der Waals surface area (Å²) < 4.78 is 0. The van der Waals surface area contributed by atoms with E-state index in [0.29, 0.717) is 11.5 Å². The quantitative estimate of drug-likeness (QED) is 0.726. The Hall–Kier alpha value is -1.14. The van der Waals surface area contributed by atoms with Gasteiger partial charge in [-0.1, -0.05) is 26.8 Å². The number of nitrogens with zero attached hydrogens (tertiary/aromatic N) is 2. The molecule has 0 heterocycles. The Balaban J connectivity index is 2.22. The lowest BCUT2D eigenvalue weighted by Crippen LogP contribution is -2.37. The Morgan fingerprint density at radius 3 is 2.57 bits per heavy atom. The predicted molar refractivity (Wildman–Crippen MR) is 92.0 cm³/mol. The Bertz CT molecular complexity index is 521. The van der Waals surface area contributed by atoms with Gasteiger partial charge >= 0.3 is 0 Å². The maximum atomic E-state index is 9.57. The first-order valence-electron chi connectivity index (χ1n) is 7.87.